The van der Waals surface area contributed by atoms with Gasteiger partial charge in [-0.2, -0.15) is 5.26 Å². The molecule has 0 aromatic heterocycles. The number of nitrogens with one attached hydrogen (secondary N) is 1. The second-order valence-electron chi connectivity index (χ2n) is 3.75. The third-order valence-corrected chi connectivity index (χ3v) is 2.27. The van der Waals surface area contributed by atoms with Gasteiger partial charge in [0.05, 0.1) is 17.7 Å². The van der Waals surface area contributed by atoms with E-state index in [0.717, 1.165) is 5.56 Å². The van der Waals surface area contributed by atoms with Crippen molar-refractivity contribution in [3.05, 3.63) is 29.3 Å². The fraction of sp³-hybridized carbons (Fsp3) is 0.333. The molecule has 1 aromatic rings. The van der Waals surface area contributed by atoms with Gasteiger partial charge < -0.3 is 10.4 Å². The molecule has 1 unspecified atom stereocenters. The predicted molar refractivity (Wildman–Crippen MR) is 61.2 cm³/mol. The zero-order chi connectivity index (χ0) is 12.1. The standard InChI is InChI=1S/C12H14N2O2/c1-8-4-3-5-11(10(8)7-13)14-9(2)6-12(15)16/h3-5,9,14H,6H2,1-2H3,(H,15,16). The summed E-state index contributed by atoms with van der Waals surface area (Å²) in [6.45, 7) is 3.63. The van der Waals surface area contributed by atoms with Gasteiger partial charge >= 0.3 is 5.97 Å². The minimum Gasteiger partial charge on any atom is -0.481 e. The van der Waals surface area contributed by atoms with Crippen LogP contribution in [0.2, 0.25) is 0 Å². The van der Waals surface area contributed by atoms with E-state index in [0.29, 0.717) is 11.3 Å². The van der Waals surface area contributed by atoms with Crippen LogP contribution >= 0.6 is 0 Å². The summed E-state index contributed by atoms with van der Waals surface area (Å²) >= 11 is 0. The van der Waals surface area contributed by atoms with E-state index >= 15 is 0 Å². The summed E-state index contributed by atoms with van der Waals surface area (Å²) in [5.74, 6) is -0.855. The van der Waals surface area contributed by atoms with E-state index in [1.807, 2.05) is 19.1 Å². The molecule has 0 radical (unpaired) electrons. The van der Waals surface area contributed by atoms with Gasteiger partial charge in [-0.1, -0.05) is 12.1 Å². The number of hydrogen-bond acceptors (Lipinski definition) is 3. The Labute approximate surface area is 94.5 Å². The fourth-order valence-electron chi connectivity index (χ4n) is 1.51. The second kappa shape index (κ2) is 5.17. The van der Waals surface area contributed by atoms with Crippen molar-refractivity contribution in [1.82, 2.24) is 0 Å². The number of carboxylic acid groups (broad SMARTS) is 1. The number of aryl methyl sites for hydroxylation is 1. The van der Waals surface area contributed by atoms with Crippen molar-refractivity contribution in [2.75, 3.05) is 5.32 Å². The second-order valence-corrected chi connectivity index (χ2v) is 3.75. The molecule has 84 valence electrons. The Bertz CT molecular complexity index is 435. The molecule has 0 aliphatic heterocycles. The van der Waals surface area contributed by atoms with Gasteiger partial charge in [0, 0.05) is 6.04 Å². The number of carboxylic acids is 1. The Morgan fingerprint density at radius 2 is 2.31 bits per heavy atom. The third kappa shape index (κ3) is 2.99. The minimum atomic E-state index is -0.855. The zero-order valence-electron chi connectivity index (χ0n) is 9.32. The SMILES string of the molecule is Cc1cccc(NC(C)CC(=O)O)c1C#N. The van der Waals surface area contributed by atoms with Gasteiger partial charge in [-0.25, -0.2) is 0 Å². The van der Waals surface area contributed by atoms with Crippen molar-refractivity contribution in [2.45, 2.75) is 26.3 Å². The van der Waals surface area contributed by atoms with Crippen LogP contribution in [0, 0.1) is 18.3 Å². The summed E-state index contributed by atoms with van der Waals surface area (Å²) in [5, 5.41) is 20.7. The first-order valence-electron chi connectivity index (χ1n) is 5.02. The molecule has 16 heavy (non-hydrogen) atoms. The zero-order valence-corrected chi connectivity index (χ0v) is 9.32. The Morgan fingerprint density at radius 3 is 2.88 bits per heavy atom. The molecule has 4 nitrogen and oxygen atoms in total. The van der Waals surface area contributed by atoms with Gasteiger partial charge in [-0.05, 0) is 25.5 Å². The number of rotatable bonds is 4. The van der Waals surface area contributed by atoms with E-state index in [9.17, 15) is 4.79 Å². The molecule has 1 atom stereocenters. The van der Waals surface area contributed by atoms with Crippen molar-refractivity contribution in [1.29, 1.82) is 5.26 Å². The van der Waals surface area contributed by atoms with Crippen LogP contribution in [0.1, 0.15) is 24.5 Å². The molecular formula is C12H14N2O2. The molecule has 0 saturated heterocycles. The molecule has 0 aliphatic carbocycles. The molecule has 0 bridgehead atoms. The van der Waals surface area contributed by atoms with Crippen molar-refractivity contribution in [2.24, 2.45) is 0 Å². The summed E-state index contributed by atoms with van der Waals surface area (Å²) < 4.78 is 0. The molecule has 1 aromatic carbocycles. The Balaban J connectivity index is 2.85. The van der Waals surface area contributed by atoms with Crippen LogP contribution < -0.4 is 5.32 Å². The molecule has 0 aliphatic rings. The van der Waals surface area contributed by atoms with Crippen molar-refractivity contribution in [3.63, 3.8) is 0 Å². The topological polar surface area (TPSA) is 73.1 Å². The lowest BCUT2D eigenvalue weighted by Crippen LogP contribution is -2.20. The summed E-state index contributed by atoms with van der Waals surface area (Å²) in [6.07, 6.45) is 0.0266. The highest BCUT2D eigenvalue weighted by Crippen LogP contribution is 2.19. The first kappa shape index (κ1) is 12.1. The number of nitrogens with zero attached hydrogens (tertiary/aromatic N) is 1. The number of nitriles is 1. The van der Waals surface area contributed by atoms with Crippen molar-refractivity contribution < 1.29 is 9.90 Å². The average Bonchev–Trinajstić information content (AvgIpc) is 2.16. The number of hydrogen-bond donors (Lipinski definition) is 2. The fourth-order valence-corrected chi connectivity index (χ4v) is 1.51. The molecule has 1 rings (SSSR count). The third-order valence-electron chi connectivity index (χ3n) is 2.27. The van der Waals surface area contributed by atoms with Crippen molar-refractivity contribution in [3.8, 4) is 6.07 Å². The molecule has 0 fully saturated rings. The maximum absolute atomic E-state index is 10.5. The van der Waals surface area contributed by atoms with Crippen LogP contribution in [0.15, 0.2) is 18.2 Å². The van der Waals surface area contributed by atoms with Crippen LogP contribution in [0.5, 0.6) is 0 Å². The van der Waals surface area contributed by atoms with E-state index in [4.69, 9.17) is 10.4 Å². The Hall–Kier alpha value is -2.02. The molecule has 0 spiro atoms. The molecule has 0 heterocycles. The van der Waals surface area contributed by atoms with Crippen molar-refractivity contribution >= 4 is 11.7 Å². The summed E-state index contributed by atoms with van der Waals surface area (Å²) in [5.41, 5.74) is 2.14. The quantitative estimate of drug-likeness (QED) is 0.812. The maximum Gasteiger partial charge on any atom is 0.305 e. The molecule has 0 saturated carbocycles. The van der Waals surface area contributed by atoms with Crippen LogP contribution in [-0.2, 0) is 4.79 Å². The molecular weight excluding hydrogens is 204 g/mol. The van der Waals surface area contributed by atoms with Gasteiger partial charge in [-0.15, -0.1) is 0 Å². The van der Waals surface area contributed by atoms with E-state index in [-0.39, 0.29) is 12.5 Å². The lowest BCUT2D eigenvalue weighted by atomic mass is 10.1. The minimum absolute atomic E-state index is 0.0266. The lowest BCUT2D eigenvalue weighted by molar-refractivity contribution is -0.137. The van der Waals surface area contributed by atoms with Crippen LogP contribution in [0.25, 0.3) is 0 Å². The predicted octanol–water partition coefficient (Wildman–Crippen LogP) is 2.14. The van der Waals surface area contributed by atoms with E-state index in [1.165, 1.54) is 0 Å². The van der Waals surface area contributed by atoms with Gasteiger partial charge in [0.2, 0.25) is 0 Å². The van der Waals surface area contributed by atoms with Crippen LogP contribution in [0.4, 0.5) is 5.69 Å². The van der Waals surface area contributed by atoms with Crippen LogP contribution in [-0.4, -0.2) is 17.1 Å². The van der Waals surface area contributed by atoms with Gasteiger partial charge in [0.25, 0.3) is 0 Å². The average molecular weight is 218 g/mol. The Morgan fingerprint density at radius 1 is 1.62 bits per heavy atom. The summed E-state index contributed by atoms with van der Waals surface area (Å²) in [6, 6.07) is 7.38. The number of aliphatic carboxylic acids is 1. The highest BCUT2D eigenvalue weighted by molar-refractivity contribution is 5.69. The summed E-state index contributed by atoms with van der Waals surface area (Å²) in [7, 11) is 0. The number of carbonyl (C=O) groups is 1. The monoisotopic (exact) mass is 218 g/mol. The first-order valence-corrected chi connectivity index (χ1v) is 5.02. The van der Waals surface area contributed by atoms with E-state index in [1.54, 1.807) is 13.0 Å². The lowest BCUT2D eigenvalue weighted by Gasteiger charge is -2.15. The van der Waals surface area contributed by atoms with E-state index in [2.05, 4.69) is 11.4 Å². The smallest absolute Gasteiger partial charge is 0.305 e. The molecule has 0 amide bonds. The van der Waals surface area contributed by atoms with Gasteiger partial charge in [0.15, 0.2) is 0 Å². The van der Waals surface area contributed by atoms with Gasteiger partial charge in [0.1, 0.15) is 6.07 Å². The number of benzene rings is 1. The molecule has 4 heteroatoms. The summed E-state index contributed by atoms with van der Waals surface area (Å²) in [4.78, 5) is 10.5. The number of anilines is 1. The maximum atomic E-state index is 10.5. The molecule has 2 N–H and O–H groups in total. The van der Waals surface area contributed by atoms with Crippen LogP contribution in [0.3, 0.4) is 0 Å². The first-order chi connectivity index (χ1) is 7.54. The highest BCUT2D eigenvalue weighted by atomic mass is 16.4. The Kier molecular flexibility index (Phi) is 3.90. The van der Waals surface area contributed by atoms with Gasteiger partial charge in [-0.3, -0.25) is 4.79 Å². The normalized spacial score (nSPS) is 11.6. The highest BCUT2D eigenvalue weighted by Gasteiger charge is 2.10. The largest absolute Gasteiger partial charge is 0.481 e. The van der Waals surface area contributed by atoms with E-state index < -0.39 is 5.97 Å².